The number of amides is 3. The molecule has 128 valence electrons. The van der Waals surface area contributed by atoms with E-state index in [1.807, 2.05) is 6.92 Å². The summed E-state index contributed by atoms with van der Waals surface area (Å²) >= 11 is 0. The van der Waals surface area contributed by atoms with Crippen LogP contribution in [0.25, 0.3) is 0 Å². The number of rotatable bonds is 7. The number of aromatic nitrogens is 1. The van der Waals surface area contributed by atoms with Gasteiger partial charge in [-0.3, -0.25) is 4.79 Å². The van der Waals surface area contributed by atoms with Crippen molar-refractivity contribution >= 4 is 17.6 Å². The first-order chi connectivity index (χ1) is 10.8. The first-order valence-corrected chi connectivity index (χ1v) is 6.77. The van der Waals surface area contributed by atoms with Crippen LogP contribution in [0.4, 0.5) is 23.7 Å². The van der Waals surface area contributed by atoms with Gasteiger partial charge < -0.3 is 20.7 Å². The van der Waals surface area contributed by atoms with Gasteiger partial charge in [-0.25, -0.2) is 9.78 Å². The van der Waals surface area contributed by atoms with E-state index < -0.39 is 18.8 Å². The quantitative estimate of drug-likeness (QED) is 0.707. The Labute approximate surface area is 130 Å². The summed E-state index contributed by atoms with van der Waals surface area (Å²) in [7, 11) is 0. The molecule has 0 aromatic carbocycles. The molecule has 0 unspecified atom stereocenters. The van der Waals surface area contributed by atoms with Crippen molar-refractivity contribution in [2.45, 2.75) is 19.5 Å². The van der Waals surface area contributed by atoms with Crippen LogP contribution in [0, 0.1) is 0 Å². The second-order valence-electron chi connectivity index (χ2n) is 4.45. The van der Waals surface area contributed by atoms with Crippen LogP contribution >= 0.6 is 0 Å². The Hall–Kier alpha value is -2.52. The fourth-order valence-corrected chi connectivity index (χ4v) is 1.36. The van der Waals surface area contributed by atoms with Gasteiger partial charge in [-0.1, -0.05) is 6.92 Å². The molecule has 1 aromatic rings. The van der Waals surface area contributed by atoms with Crippen molar-refractivity contribution in [1.29, 1.82) is 0 Å². The zero-order valence-electron chi connectivity index (χ0n) is 12.4. The zero-order valence-corrected chi connectivity index (χ0v) is 12.4. The lowest BCUT2D eigenvalue weighted by atomic mass is 10.4. The number of alkyl halides is 3. The van der Waals surface area contributed by atoms with Crippen molar-refractivity contribution in [3.63, 3.8) is 0 Å². The van der Waals surface area contributed by atoms with Crippen LogP contribution in [0.1, 0.15) is 13.3 Å². The van der Waals surface area contributed by atoms with Gasteiger partial charge in [-0.2, -0.15) is 13.2 Å². The number of hydrogen-bond acceptors (Lipinski definition) is 4. The summed E-state index contributed by atoms with van der Waals surface area (Å²) in [6.45, 7) is 0.785. The first kappa shape index (κ1) is 18.5. The van der Waals surface area contributed by atoms with Crippen molar-refractivity contribution in [3.05, 3.63) is 18.3 Å². The molecule has 1 aromatic heterocycles. The topological polar surface area (TPSA) is 92.4 Å². The lowest BCUT2D eigenvalue weighted by Gasteiger charge is -2.10. The van der Waals surface area contributed by atoms with Gasteiger partial charge >= 0.3 is 12.2 Å². The Morgan fingerprint density at radius 1 is 1.26 bits per heavy atom. The third kappa shape index (κ3) is 8.49. The maximum Gasteiger partial charge on any atom is 0.422 e. The van der Waals surface area contributed by atoms with Crippen LogP contribution in [0.2, 0.25) is 0 Å². The van der Waals surface area contributed by atoms with Gasteiger partial charge in [-0.05, 0) is 12.5 Å². The summed E-state index contributed by atoms with van der Waals surface area (Å²) in [6.07, 6.45) is -2.52. The molecule has 0 aliphatic rings. The van der Waals surface area contributed by atoms with Gasteiger partial charge in [0.2, 0.25) is 11.8 Å². The average Bonchev–Trinajstić information content (AvgIpc) is 2.49. The first-order valence-electron chi connectivity index (χ1n) is 6.77. The number of carbonyl (C=O) groups is 2. The molecule has 1 heterocycles. The van der Waals surface area contributed by atoms with Crippen LogP contribution in [-0.4, -0.2) is 42.8 Å². The average molecular weight is 334 g/mol. The maximum atomic E-state index is 12.0. The van der Waals surface area contributed by atoms with Crippen molar-refractivity contribution in [2.75, 3.05) is 25.0 Å². The molecule has 0 saturated heterocycles. The summed E-state index contributed by atoms with van der Waals surface area (Å²) < 4.78 is 40.3. The molecular weight excluding hydrogens is 317 g/mol. The second kappa shape index (κ2) is 8.81. The highest BCUT2D eigenvalue weighted by atomic mass is 19.4. The van der Waals surface area contributed by atoms with Gasteiger partial charge in [0, 0.05) is 12.6 Å². The predicted molar refractivity (Wildman–Crippen MR) is 76.1 cm³/mol. The van der Waals surface area contributed by atoms with E-state index in [0.29, 0.717) is 6.54 Å². The van der Waals surface area contributed by atoms with E-state index in [-0.39, 0.29) is 24.0 Å². The van der Waals surface area contributed by atoms with Crippen LogP contribution < -0.4 is 20.7 Å². The fraction of sp³-hybridized carbons (Fsp3) is 0.462. The van der Waals surface area contributed by atoms with Crippen LogP contribution in [0.3, 0.4) is 0 Å². The van der Waals surface area contributed by atoms with Crippen LogP contribution in [-0.2, 0) is 4.79 Å². The van der Waals surface area contributed by atoms with E-state index in [4.69, 9.17) is 0 Å². The molecule has 1 rings (SSSR count). The number of halogens is 3. The number of pyridine rings is 1. The van der Waals surface area contributed by atoms with E-state index >= 15 is 0 Å². The highest BCUT2D eigenvalue weighted by molar-refractivity contribution is 5.92. The molecule has 0 aliphatic heterocycles. The van der Waals surface area contributed by atoms with E-state index in [9.17, 15) is 22.8 Å². The molecule has 0 radical (unpaired) electrons. The normalized spacial score (nSPS) is 10.8. The molecular formula is C13H17F3N4O3. The van der Waals surface area contributed by atoms with Crippen molar-refractivity contribution in [1.82, 2.24) is 15.6 Å². The molecule has 0 bridgehead atoms. The van der Waals surface area contributed by atoms with Crippen molar-refractivity contribution < 1.29 is 27.5 Å². The number of carbonyl (C=O) groups excluding carboxylic acids is 2. The summed E-state index contributed by atoms with van der Waals surface area (Å²) in [6, 6.07) is 1.88. The van der Waals surface area contributed by atoms with Gasteiger partial charge in [0.25, 0.3) is 0 Å². The van der Waals surface area contributed by atoms with E-state index in [2.05, 4.69) is 25.7 Å². The van der Waals surface area contributed by atoms with Gasteiger partial charge in [-0.15, -0.1) is 0 Å². The number of nitrogens with one attached hydrogen (secondary N) is 3. The standard InChI is InChI=1S/C13H17F3N4O3/c1-2-5-17-10(21)7-19-12(22)20-9-3-4-11(18-6-9)23-8-13(14,15)16/h3-4,6H,2,5,7-8H2,1H3,(H,17,21)(H2,19,20,22). The minimum atomic E-state index is -4.45. The van der Waals surface area contributed by atoms with Crippen molar-refractivity contribution in [3.8, 4) is 5.88 Å². The van der Waals surface area contributed by atoms with Gasteiger partial charge in [0.05, 0.1) is 18.4 Å². The molecule has 0 atom stereocenters. The van der Waals surface area contributed by atoms with Crippen LogP contribution in [0.15, 0.2) is 18.3 Å². The summed E-state index contributed by atoms with van der Waals surface area (Å²) in [5.41, 5.74) is 0.246. The fourth-order valence-electron chi connectivity index (χ4n) is 1.36. The minimum absolute atomic E-state index is 0.188. The molecule has 7 nitrogen and oxygen atoms in total. The number of nitrogens with zero attached hydrogens (tertiary/aromatic N) is 1. The maximum absolute atomic E-state index is 12.0. The summed E-state index contributed by atoms with van der Waals surface area (Å²) in [4.78, 5) is 26.4. The van der Waals surface area contributed by atoms with Crippen LogP contribution in [0.5, 0.6) is 5.88 Å². The number of hydrogen-bond donors (Lipinski definition) is 3. The zero-order chi connectivity index (χ0) is 17.3. The second-order valence-corrected chi connectivity index (χ2v) is 4.45. The highest BCUT2D eigenvalue weighted by Crippen LogP contribution is 2.17. The minimum Gasteiger partial charge on any atom is -0.468 e. The molecule has 10 heteroatoms. The number of urea groups is 1. The Morgan fingerprint density at radius 2 is 2.00 bits per heavy atom. The third-order valence-electron chi connectivity index (χ3n) is 2.36. The van der Waals surface area contributed by atoms with E-state index in [0.717, 1.165) is 12.6 Å². The van der Waals surface area contributed by atoms with E-state index in [1.54, 1.807) is 0 Å². The Kier molecular flexibility index (Phi) is 7.10. The Balaban J connectivity index is 2.36. The Morgan fingerprint density at radius 3 is 2.57 bits per heavy atom. The third-order valence-corrected chi connectivity index (χ3v) is 2.36. The SMILES string of the molecule is CCCNC(=O)CNC(=O)Nc1ccc(OCC(F)(F)F)nc1. The van der Waals surface area contributed by atoms with Crippen molar-refractivity contribution in [2.24, 2.45) is 0 Å². The molecule has 3 amide bonds. The lowest BCUT2D eigenvalue weighted by Crippen LogP contribution is -2.39. The molecule has 0 fully saturated rings. The largest absolute Gasteiger partial charge is 0.468 e. The lowest BCUT2D eigenvalue weighted by molar-refractivity contribution is -0.154. The molecule has 0 spiro atoms. The predicted octanol–water partition coefficient (Wildman–Crippen LogP) is 1.67. The highest BCUT2D eigenvalue weighted by Gasteiger charge is 2.28. The summed E-state index contributed by atoms with van der Waals surface area (Å²) in [5.74, 6) is -0.539. The Bertz CT molecular complexity index is 520. The molecule has 0 saturated carbocycles. The molecule has 3 N–H and O–H groups in total. The summed E-state index contributed by atoms with van der Waals surface area (Å²) in [5, 5.41) is 7.30. The smallest absolute Gasteiger partial charge is 0.422 e. The number of ether oxygens (including phenoxy) is 1. The number of anilines is 1. The van der Waals surface area contributed by atoms with E-state index in [1.165, 1.54) is 12.1 Å². The molecule has 0 aliphatic carbocycles. The van der Waals surface area contributed by atoms with Gasteiger partial charge in [0.1, 0.15) is 0 Å². The monoisotopic (exact) mass is 334 g/mol. The molecule has 23 heavy (non-hydrogen) atoms. The van der Waals surface area contributed by atoms with Gasteiger partial charge in [0.15, 0.2) is 6.61 Å².